The number of carbonyl (C=O) groups excluding carboxylic acids is 1. The maximum Gasteiger partial charge on any atom is 0.237 e. The van der Waals surface area contributed by atoms with Gasteiger partial charge in [0, 0.05) is 23.9 Å². The summed E-state index contributed by atoms with van der Waals surface area (Å²) in [6.07, 6.45) is 2.44. The molecule has 23 heavy (non-hydrogen) atoms. The van der Waals surface area contributed by atoms with E-state index in [1.165, 1.54) is 12.1 Å². The first-order valence-corrected chi connectivity index (χ1v) is 8.69. The van der Waals surface area contributed by atoms with Crippen LogP contribution in [0.1, 0.15) is 30.9 Å². The van der Waals surface area contributed by atoms with E-state index in [0.29, 0.717) is 13.2 Å². The van der Waals surface area contributed by atoms with Crippen molar-refractivity contribution >= 4 is 30.1 Å². The van der Waals surface area contributed by atoms with Crippen LogP contribution < -0.4 is 11.1 Å². The molecule has 0 aliphatic carbocycles. The number of fused-ring (bicyclic) bond motifs is 1. The van der Waals surface area contributed by atoms with E-state index in [-0.39, 0.29) is 36.1 Å². The normalized spacial score (nSPS) is 22.6. The highest BCUT2D eigenvalue weighted by Crippen LogP contribution is 2.36. The Labute approximate surface area is 146 Å². The predicted octanol–water partition coefficient (Wildman–Crippen LogP) is 2.65. The van der Waals surface area contributed by atoms with Gasteiger partial charge in [-0.15, -0.1) is 24.2 Å². The second kappa shape index (κ2) is 8.33. The third kappa shape index (κ3) is 4.38. The van der Waals surface area contributed by atoms with Gasteiger partial charge in [-0.05, 0) is 48.9 Å². The van der Waals surface area contributed by atoms with Gasteiger partial charge in [-0.2, -0.15) is 0 Å². The van der Waals surface area contributed by atoms with E-state index in [0.717, 1.165) is 35.5 Å². The van der Waals surface area contributed by atoms with Crippen molar-refractivity contribution in [3.63, 3.8) is 0 Å². The number of carbonyl (C=O) groups is 1. The summed E-state index contributed by atoms with van der Waals surface area (Å²) < 4.78 is 18.8. The van der Waals surface area contributed by atoms with Gasteiger partial charge in [0.05, 0.1) is 12.1 Å². The monoisotopic (exact) mass is 360 g/mol. The second-order valence-corrected chi connectivity index (χ2v) is 6.99. The Morgan fingerprint density at radius 1 is 1.35 bits per heavy atom. The minimum atomic E-state index is -0.518. The fourth-order valence-corrected chi connectivity index (χ4v) is 4.18. The van der Waals surface area contributed by atoms with Gasteiger partial charge in [0.25, 0.3) is 0 Å². The number of ether oxygens (including phenoxy) is 1. The zero-order chi connectivity index (χ0) is 15.5. The highest BCUT2D eigenvalue weighted by Gasteiger charge is 2.30. The van der Waals surface area contributed by atoms with Crippen LogP contribution in [0.2, 0.25) is 0 Å². The average molecular weight is 361 g/mol. The zero-order valence-electron chi connectivity index (χ0n) is 12.8. The first kappa shape index (κ1) is 18.5. The van der Waals surface area contributed by atoms with Gasteiger partial charge in [0.2, 0.25) is 5.91 Å². The van der Waals surface area contributed by atoms with E-state index in [2.05, 4.69) is 5.32 Å². The molecule has 1 amide bonds. The molecule has 2 atom stereocenters. The van der Waals surface area contributed by atoms with E-state index >= 15 is 0 Å². The number of nitrogens with one attached hydrogen (secondary N) is 1. The molecule has 3 rings (SSSR count). The van der Waals surface area contributed by atoms with Crippen LogP contribution in [-0.4, -0.2) is 30.9 Å². The lowest BCUT2D eigenvalue weighted by molar-refractivity contribution is -0.125. The molecule has 1 aromatic carbocycles. The summed E-state index contributed by atoms with van der Waals surface area (Å²) in [5.41, 5.74) is 6.98. The molecule has 2 unspecified atom stereocenters. The number of amides is 1. The van der Waals surface area contributed by atoms with Crippen LogP contribution in [0.4, 0.5) is 4.39 Å². The molecule has 0 radical (unpaired) electrons. The number of benzene rings is 1. The van der Waals surface area contributed by atoms with Gasteiger partial charge in [-0.25, -0.2) is 4.39 Å². The zero-order valence-corrected chi connectivity index (χ0v) is 14.4. The number of hydrogen-bond donors (Lipinski definition) is 2. The lowest BCUT2D eigenvalue weighted by atomic mass is 9.91. The van der Waals surface area contributed by atoms with Crippen molar-refractivity contribution in [3.05, 3.63) is 29.6 Å². The molecule has 0 aromatic heterocycles. The Bertz CT molecular complexity index is 555. The van der Waals surface area contributed by atoms with Gasteiger partial charge in [0.15, 0.2) is 0 Å². The number of halogens is 2. The van der Waals surface area contributed by atoms with Crippen LogP contribution >= 0.6 is 24.2 Å². The molecule has 128 valence electrons. The van der Waals surface area contributed by atoms with Crippen LogP contribution in [-0.2, 0) is 9.53 Å². The van der Waals surface area contributed by atoms with Gasteiger partial charge in [-0.3, -0.25) is 4.79 Å². The largest absolute Gasteiger partial charge is 0.381 e. The highest BCUT2D eigenvalue weighted by molar-refractivity contribution is 7.99. The van der Waals surface area contributed by atoms with E-state index < -0.39 is 6.04 Å². The first-order chi connectivity index (χ1) is 10.6. The van der Waals surface area contributed by atoms with Crippen molar-refractivity contribution in [1.82, 2.24) is 5.32 Å². The molecule has 3 N–H and O–H groups in total. The standard InChI is InChI=1S/C16H21FN2O2S.ClH/c17-11-1-2-14-12(9-11)13(5-8-22-14)19-16(20)15(18)10-3-6-21-7-4-10;/h1-2,9-10,13,15H,3-8,18H2,(H,19,20);1H. The van der Waals surface area contributed by atoms with Crippen LogP contribution in [0.25, 0.3) is 0 Å². The minimum Gasteiger partial charge on any atom is -0.381 e. The molecule has 7 heteroatoms. The molecule has 2 aliphatic rings. The third-order valence-electron chi connectivity index (χ3n) is 4.40. The lowest BCUT2D eigenvalue weighted by Crippen LogP contribution is -2.48. The Kier molecular flexibility index (Phi) is 6.71. The summed E-state index contributed by atoms with van der Waals surface area (Å²) in [4.78, 5) is 13.5. The van der Waals surface area contributed by atoms with Crippen LogP contribution in [0, 0.1) is 11.7 Å². The van der Waals surface area contributed by atoms with Gasteiger partial charge in [0.1, 0.15) is 5.82 Å². The maximum atomic E-state index is 13.5. The number of nitrogens with two attached hydrogens (primary N) is 1. The first-order valence-electron chi connectivity index (χ1n) is 7.71. The third-order valence-corrected chi connectivity index (χ3v) is 5.53. The Morgan fingerprint density at radius 2 is 2.09 bits per heavy atom. The quantitative estimate of drug-likeness (QED) is 0.869. The van der Waals surface area contributed by atoms with Crippen molar-refractivity contribution in [1.29, 1.82) is 0 Å². The molecule has 4 nitrogen and oxygen atoms in total. The predicted molar refractivity (Wildman–Crippen MR) is 91.4 cm³/mol. The summed E-state index contributed by atoms with van der Waals surface area (Å²) in [5, 5.41) is 3.01. The molecule has 2 heterocycles. The number of rotatable bonds is 3. The summed E-state index contributed by atoms with van der Waals surface area (Å²) in [5.74, 6) is 0.669. The van der Waals surface area contributed by atoms with Crippen LogP contribution in [0.3, 0.4) is 0 Å². The molecule has 2 aliphatic heterocycles. The van der Waals surface area contributed by atoms with Crippen molar-refractivity contribution < 1.29 is 13.9 Å². The smallest absolute Gasteiger partial charge is 0.237 e. The molecule has 0 spiro atoms. The van der Waals surface area contributed by atoms with Crippen LogP contribution in [0.15, 0.2) is 23.1 Å². The van der Waals surface area contributed by atoms with Crippen molar-refractivity contribution in [3.8, 4) is 0 Å². The van der Waals surface area contributed by atoms with E-state index in [9.17, 15) is 9.18 Å². The van der Waals surface area contributed by atoms with Crippen molar-refractivity contribution in [2.45, 2.75) is 36.2 Å². The SMILES string of the molecule is Cl.NC(C(=O)NC1CCSc2ccc(F)cc21)C1CCOCC1. The highest BCUT2D eigenvalue weighted by atomic mass is 35.5. The summed E-state index contributed by atoms with van der Waals surface area (Å²) in [7, 11) is 0. The second-order valence-electron chi connectivity index (χ2n) is 5.86. The Balaban J connectivity index is 0.00000192. The summed E-state index contributed by atoms with van der Waals surface area (Å²) >= 11 is 1.70. The molecular formula is C16H22ClFN2O2S. The molecular weight excluding hydrogens is 339 g/mol. The molecule has 1 saturated heterocycles. The fraction of sp³-hybridized carbons (Fsp3) is 0.562. The number of hydrogen-bond acceptors (Lipinski definition) is 4. The summed E-state index contributed by atoms with van der Waals surface area (Å²) in [6.45, 7) is 1.33. The van der Waals surface area contributed by atoms with Crippen molar-refractivity contribution in [2.24, 2.45) is 11.7 Å². The Morgan fingerprint density at radius 3 is 2.83 bits per heavy atom. The van der Waals surface area contributed by atoms with E-state index in [1.54, 1.807) is 17.8 Å². The van der Waals surface area contributed by atoms with Crippen LogP contribution in [0.5, 0.6) is 0 Å². The fourth-order valence-electron chi connectivity index (χ4n) is 3.07. The Hall–Kier alpha value is -0.820. The summed E-state index contributed by atoms with van der Waals surface area (Å²) in [6, 6.07) is 4.10. The minimum absolute atomic E-state index is 0. The molecule has 1 aromatic rings. The van der Waals surface area contributed by atoms with E-state index in [1.807, 2.05) is 0 Å². The van der Waals surface area contributed by atoms with E-state index in [4.69, 9.17) is 10.5 Å². The average Bonchev–Trinajstić information content (AvgIpc) is 2.55. The van der Waals surface area contributed by atoms with Gasteiger partial charge < -0.3 is 15.8 Å². The lowest BCUT2D eigenvalue weighted by Gasteiger charge is -2.30. The molecule has 0 bridgehead atoms. The van der Waals surface area contributed by atoms with Gasteiger partial charge in [-0.1, -0.05) is 0 Å². The molecule has 1 fully saturated rings. The topological polar surface area (TPSA) is 64.4 Å². The maximum absolute atomic E-state index is 13.5. The van der Waals surface area contributed by atoms with Gasteiger partial charge >= 0.3 is 0 Å². The number of thioether (sulfide) groups is 1. The molecule has 0 saturated carbocycles. The van der Waals surface area contributed by atoms with Crippen molar-refractivity contribution in [2.75, 3.05) is 19.0 Å².